The fourth-order valence-electron chi connectivity index (χ4n) is 0.456. The topological polar surface area (TPSA) is 145 Å². The van der Waals surface area contributed by atoms with Gasteiger partial charge in [-0.2, -0.15) is 0 Å². The Morgan fingerprint density at radius 1 is 1.41 bits per heavy atom. The second kappa shape index (κ2) is 9.29. The van der Waals surface area contributed by atoms with Crippen molar-refractivity contribution in [2.75, 3.05) is 13.2 Å². The fourth-order valence-corrected chi connectivity index (χ4v) is 0.456. The number of ether oxygens (including phenoxy) is 1. The highest BCUT2D eigenvalue weighted by Crippen LogP contribution is 2.25. The van der Waals surface area contributed by atoms with Crippen molar-refractivity contribution >= 4 is 13.8 Å². The molecule has 0 aromatic carbocycles. The Hall–Kier alpha value is -0.760. The molecule has 0 fully saturated rings. The van der Waals surface area contributed by atoms with Crippen LogP contribution in [0.5, 0.6) is 0 Å². The molecule has 9 heteroatoms. The van der Waals surface area contributed by atoms with Crippen LogP contribution in [-0.4, -0.2) is 50.2 Å². The molecule has 8 nitrogen and oxygen atoms in total. The molecular formula is C8H17O8P. The van der Waals surface area contributed by atoms with Crippen molar-refractivity contribution in [1.82, 2.24) is 0 Å². The molecular weight excluding hydrogens is 255 g/mol. The maximum absolute atomic E-state index is 10.9. The number of carbonyl (C=O) groups excluding carboxylic acids is 1. The smallest absolute Gasteiger partial charge is 0.459 e. The van der Waals surface area contributed by atoms with Crippen molar-refractivity contribution in [2.45, 2.75) is 20.0 Å². The zero-order chi connectivity index (χ0) is 14.1. The van der Waals surface area contributed by atoms with Gasteiger partial charge in [0.15, 0.2) is 0 Å². The predicted octanol–water partition coefficient (Wildman–Crippen LogP) is -1.08. The highest BCUT2D eigenvalue weighted by atomic mass is 31.2. The SMILES string of the molecule is CC=C(C)C(=O)OCC(O)CO.O=P(O)(O)O. The van der Waals surface area contributed by atoms with Gasteiger partial charge in [-0.1, -0.05) is 6.08 Å². The molecule has 17 heavy (non-hydrogen) atoms. The van der Waals surface area contributed by atoms with Crippen LogP contribution in [0.25, 0.3) is 0 Å². The van der Waals surface area contributed by atoms with Crippen LogP contribution in [0.3, 0.4) is 0 Å². The highest BCUT2D eigenvalue weighted by Gasteiger charge is 2.08. The number of hydrogen-bond acceptors (Lipinski definition) is 5. The summed E-state index contributed by atoms with van der Waals surface area (Å²) in [4.78, 5) is 32.5. The highest BCUT2D eigenvalue weighted by molar-refractivity contribution is 7.45. The molecule has 0 spiro atoms. The van der Waals surface area contributed by atoms with E-state index in [2.05, 4.69) is 4.74 Å². The monoisotopic (exact) mass is 272 g/mol. The zero-order valence-corrected chi connectivity index (χ0v) is 10.4. The molecule has 102 valence electrons. The van der Waals surface area contributed by atoms with Gasteiger partial charge in [-0.25, -0.2) is 9.36 Å². The van der Waals surface area contributed by atoms with Crippen molar-refractivity contribution < 1.29 is 39.0 Å². The summed E-state index contributed by atoms with van der Waals surface area (Å²) in [5, 5.41) is 17.2. The Bertz CT molecular complexity index is 286. The summed E-state index contributed by atoms with van der Waals surface area (Å²) in [6.07, 6.45) is 0.631. The molecule has 0 rings (SSSR count). The quantitative estimate of drug-likeness (QED) is 0.247. The van der Waals surface area contributed by atoms with Crippen molar-refractivity contribution in [2.24, 2.45) is 0 Å². The minimum atomic E-state index is -4.64. The van der Waals surface area contributed by atoms with Crippen molar-refractivity contribution in [3.05, 3.63) is 11.6 Å². The van der Waals surface area contributed by atoms with E-state index in [0.717, 1.165) is 0 Å². The van der Waals surface area contributed by atoms with Crippen LogP contribution < -0.4 is 0 Å². The summed E-state index contributed by atoms with van der Waals surface area (Å²) < 4.78 is 13.5. The molecule has 0 bridgehead atoms. The van der Waals surface area contributed by atoms with Gasteiger partial charge in [0.1, 0.15) is 12.7 Å². The largest absolute Gasteiger partial charge is 0.466 e. The Morgan fingerprint density at radius 3 is 2.12 bits per heavy atom. The van der Waals surface area contributed by atoms with Crippen LogP contribution >= 0.6 is 7.82 Å². The Balaban J connectivity index is 0. The van der Waals surface area contributed by atoms with E-state index in [9.17, 15) is 4.79 Å². The molecule has 0 aliphatic rings. The predicted molar refractivity (Wildman–Crippen MR) is 57.7 cm³/mol. The van der Waals surface area contributed by atoms with Gasteiger partial charge in [-0.3, -0.25) is 0 Å². The third-order valence-electron chi connectivity index (χ3n) is 1.37. The number of hydrogen-bond donors (Lipinski definition) is 5. The molecule has 0 amide bonds. The summed E-state index contributed by atoms with van der Waals surface area (Å²) in [7, 11) is -4.64. The van der Waals surface area contributed by atoms with Crippen LogP contribution in [0.1, 0.15) is 13.8 Å². The normalized spacial score (nSPS) is 13.5. The van der Waals surface area contributed by atoms with Crippen LogP contribution in [0, 0.1) is 0 Å². The van der Waals surface area contributed by atoms with E-state index in [1.807, 2.05) is 0 Å². The summed E-state index contributed by atoms with van der Waals surface area (Å²) in [6, 6.07) is 0. The number of allylic oxidation sites excluding steroid dienone is 1. The number of phosphoric acid groups is 1. The second-order valence-electron chi connectivity index (χ2n) is 2.92. The first-order valence-electron chi connectivity index (χ1n) is 4.49. The summed E-state index contributed by atoms with van der Waals surface area (Å²) >= 11 is 0. The van der Waals surface area contributed by atoms with E-state index in [1.54, 1.807) is 19.9 Å². The van der Waals surface area contributed by atoms with Gasteiger partial charge < -0.3 is 29.6 Å². The van der Waals surface area contributed by atoms with E-state index in [1.165, 1.54) is 0 Å². The van der Waals surface area contributed by atoms with Crippen molar-refractivity contribution in [1.29, 1.82) is 0 Å². The van der Waals surface area contributed by atoms with Gasteiger partial charge in [-0.05, 0) is 13.8 Å². The Kier molecular flexibility index (Phi) is 10.2. The molecule has 0 aliphatic carbocycles. The first-order valence-corrected chi connectivity index (χ1v) is 6.05. The van der Waals surface area contributed by atoms with Gasteiger partial charge >= 0.3 is 13.8 Å². The van der Waals surface area contributed by atoms with Gasteiger partial charge in [-0.15, -0.1) is 0 Å². The number of aliphatic hydroxyl groups is 2. The molecule has 1 atom stereocenters. The number of carbonyl (C=O) groups is 1. The number of esters is 1. The van der Waals surface area contributed by atoms with Gasteiger partial charge in [0.25, 0.3) is 0 Å². The lowest BCUT2D eigenvalue weighted by atomic mass is 10.3. The fraction of sp³-hybridized carbons (Fsp3) is 0.625. The maximum atomic E-state index is 10.9. The maximum Gasteiger partial charge on any atom is 0.466 e. The minimum absolute atomic E-state index is 0.166. The van der Waals surface area contributed by atoms with E-state index >= 15 is 0 Å². The summed E-state index contributed by atoms with van der Waals surface area (Å²) in [5.41, 5.74) is 0.486. The Morgan fingerprint density at radius 2 is 1.82 bits per heavy atom. The molecule has 0 heterocycles. The molecule has 0 saturated carbocycles. The lowest BCUT2D eigenvalue weighted by Gasteiger charge is -2.07. The summed E-state index contributed by atoms with van der Waals surface area (Å²) in [5.74, 6) is -0.468. The molecule has 0 aliphatic heterocycles. The first-order chi connectivity index (χ1) is 7.61. The molecule has 0 aromatic rings. The average molecular weight is 272 g/mol. The molecule has 0 saturated heterocycles. The Labute approximate surface area is 98.4 Å². The van der Waals surface area contributed by atoms with Gasteiger partial charge in [0.05, 0.1) is 6.61 Å². The van der Waals surface area contributed by atoms with E-state index in [0.29, 0.717) is 5.57 Å². The molecule has 1 unspecified atom stereocenters. The van der Waals surface area contributed by atoms with Gasteiger partial charge in [0.2, 0.25) is 0 Å². The second-order valence-corrected chi connectivity index (χ2v) is 3.95. The van der Waals surface area contributed by atoms with Crippen LogP contribution in [0.15, 0.2) is 11.6 Å². The molecule has 5 N–H and O–H groups in total. The van der Waals surface area contributed by atoms with Crippen LogP contribution in [-0.2, 0) is 14.1 Å². The standard InChI is InChI=1S/C8H14O4.H3O4P/c1-3-6(2)8(11)12-5-7(10)4-9;1-5(2,3)4/h3,7,9-10H,4-5H2,1-2H3;(H3,1,2,3,4). The van der Waals surface area contributed by atoms with E-state index in [-0.39, 0.29) is 6.61 Å². The van der Waals surface area contributed by atoms with Crippen LogP contribution in [0.2, 0.25) is 0 Å². The third kappa shape index (κ3) is 17.8. The molecule has 0 radical (unpaired) electrons. The zero-order valence-electron chi connectivity index (χ0n) is 9.48. The van der Waals surface area contributed by atoms with Crippen LogP contribution in [0.4, 0.5) is 0 Å². The first kappa shape index (κ1) is 18.6. The lowest BCUT2D eigenvalue weighted by Crippen LogP contribution is -2.22. The number of rotatable bonds is 4. The van der Waals surface area contributed by atoms with Crippen molar-refractivity contribution in [3.63, 3.8) is 0 Å². The average Bonchev–Trinajstić information content (AvgIpc) is 2.21. The summed E-state index contributed by atoms with van der Waals surface area (Å²) in [6.45, 7) is 2.77. The minimum Gasteiger partial charge on any atom is -0.459 e. The lowest BCUT2D eigenvalue weighted by molar-refractivity contribution is -0.142. The molecule has 0 aromatic heterocycles. The van der Waals surface area contributed by atoms with E-state index in [4.69, 9.17) is 29.5 Å². The van der Waals surface area contributed by atoms with Crippen molar-refractivity contribution in [3.8, 4) is 0 Å². The third-order valence-corrected chi connectivity index (χ3v) is 1.37. The van der Waals surface area contributed by atoms with E-state index < -0.39 is 26.5 Å². The van der Waals surface area contributed by atoms with Gasteiger partial charge in [0, 0.05) is 5.57 Å². The number of aliphatic hydroxyl groups excluding tert-OH is 2.